The number of H-pyrrole nitrogens is 1. The number of aromatic nitrogens is 6. The summed E-state index contributed by atoms with van der Waals surface area (Å²) in [6, 6.07) is 32.7. The van der Waals surface area contributed by atoms with Gasteiger partial charge in [0, 0.05) is 75.4 Å². The standard InChI is InChI=1S/C28H32N2O3S.C26H32N4O3S.C26H31N3O3S2/c1-18(2)26(21-7-5-4-6-8-21)28(33)30-16-23(31)15-24(30)25(32)14-11-20-9-12-22(13-10-20)27-19(3)29-17-34-27;1-15(2)24(21-12-27-17(4)29-21)26(33)30-13-20(31)11-22(30)23(32)10-7-18-5-8-19(9-6-18)25-16(3)28-14-34-25;1-15(2)24(21-13-33-17(4)28-21)26(32)29-12-20(30)11-22(29)23(31)10-7-18-5-8-19(9-6-18)25-16(3)27-14-34-25/h4-10,12-13,17-18,23-24,26,31H,11,14-16H2,1-3H3;5-6,8-9,12,14-15,20,22,24,31H,7,10-11,13H2,1-4H3,(H,27,29);5-6,8-9,13-15,20,22,24,30H,7,10-12H2,1-4H3/t23-,24+,26-;2*20-,22+,24-/m111/s1. The molecular formula is C80H95N9O9S4. The minimum atomic E-state index is -0.684. The molecule has 3 saturated heterocycles. The van der Waals surface area contributed by atoms with Gasteiger partial charge in [0.1, 0.15) is 5.82 Å². The average Bonchev–Trinajstić information content (AvgIpc) is 1.15. The molecule has 18 nitrogen and oxygen atoms in total. The molecule has 9 aromatic rings. The second-order valence-electron chi connectivity index (χ2n) is 28.3. The highest BCUT2D eigenvalue weighted by Gasteiger charge is 2.45. The van der Waals surface area contributed by atoms with Crippen LogP contribution in [0.1, 0.15) is 159 Å². The van der Waals surface area contributed by atoms with E-state index in [4.69, 9.17) is 0 Å². The molecule has 12 rings (SSSR count). The van der Waals surface area contributed by atoms with Gasteiger partial charge in [-0.05, 0) is 111 Å². The molecule has 0 aliphatic carbocycles. The Balaban J connectivity index is 0.000000165. The largest absolute Gasteiger partial charge is 0.391 e. The number of aliphatic hydroxyl groups is 3. The second-order valence-corrected chi connectivity index (χ2v) is 31.9. The molecule has 0 saturated carbocycles. The lowest BCUT2D eigenvalue weighted by Crippen LogP contribution is -2.44. The van der Waals surface area contributed by atoms with Gasteiger partial charge < -0.3 is 35.0 Å². The van der Waals surface area contributed by atoms with Gasteiger partial charge in [-0.3, -0.25) is 28.8 Å². The zero-order valence-corrected chi connectivity index (χ0v) is 63.4. The van der Waals surface area contributed by atoms with Crippen LogP contribution in [0.15, 0.2) is 131 Å². The molecule has 0 spiro atoms. The number of nitrogens with one attached hydrogen (secondary N) is 1. The predicted octanol–water partition coefficient (Wildman–Crippen LogP) is 13.9. The van der Waals surface area contributed by atoms with Crippen LogP contribution < -0.4 is 0 Å². The summed E-state index contributed by atoms with van der Waals surface area (Å²) in [6.07, 6.45) is 3.40. The number of carbonyl (C=O) groups is 6. The minimum absolute atomic E-state index is 0.00393. The van der Waals surface area contributed by atoms with E-state index in [0.29, 0.717) is 57.8 Å². The minimum Gasteiger partial charge on any atom is -0.391 e. The van der Waals surface area contributed by atoms with Crippen molar-refractivity contribution in [1.82, 2.24) is 44.6 Å². The van der Waals surface area contributed by atoms with Crippen molar-refractivity contribution in [2.75, 3.05) is 19.6 Å². The van der Waals surface area contributed by atoms with Crippen molar-refractivity contribution in [3.63, 3.8) is 0 Å². The zero-order chi connectivity index (χ0) is 73.1. The molecule has 8 heterocycles. The molecule has 3 aliphatic rings. The molecule has 4 aromatic carbocycles. The van der Waals surface area contributed by atoms with Crippen molar-refractivity contribution >= 4 is 80.4 Å². The van der Waals surface area contributed by atoms with Crippen LogP contribution in [0.5, 0.6) is 0 Å². The van der Waals surface area contributed by atoms with Gasteiger partial charge in [0.25, 0.3) is 0 Å². The Morgan fingerprint density at radius 3 is 1.12 bits per heavy atom. The molecule has 4 N–H and O–H groups in total. The molecular weight excluding hydrogens is 1360 g/mol. The number of ketones is 3. The van der Waals surface area contributed by atoms with Gasteiger partial charge in [-0.1, -0.05) is 145 Å². The Morgan fingerprint density at radius 2 is 0.814 bits per heavy atom. The Labute approximate surface area is 614 Å². The van der Waals surface area contributed by atoms with Crippen molar-refractivity contribution in [1.29, 1.82) is 0 Å². The summed E-state index contributed by atoms with van der Waals surface area (Å²) in [5, 5.41) is 33.8. The van der Waals surface area contributed by atoms with Crippen molar-refractivity contribution in [3.8, 4) is 31.3 Å². The van der Waals surface area contributed by atoms with Crippen LogP contribution >= 0.6 is 45.3 Å². The van der Waals surface area contributed by atoms with Gasteiger partial charge in [0.05, 0.1) is 113 Å². The first-order chi connectivity index (χ1) is 48.8. The number of amides is 3. The summed E-state index contributed by atoms with van der Waals surface area (Å²) in [7, 11) is 0. The van der Waals surface area contributed by atoms with E-state index in [0.717, 1.165) is 92.9 Å². The van der Waals surface area contributed by atoms with Crippen LogP contribution in [0.3, 0.4) is 0 Å². The number of β-amino-alcohol motifs (C(OH)–C–C–N with tert-alkyl or cyclic N) is 3. The van der Waals surface area contributed by atoms with Crippen LogP contribution in [0.2, 0.25) is 0 Å². The third kappa shape index (κ3) is 18.8. The molecule has 3 amide bonds. The lowest BCUT2D eigenvalue weighted by molar-refractivity contribution is -0.140. The highest BCUT2D eigenvalue weighted by Crippen LogP contribution is 2.37. The molecule has 0 bridgehead atoms. The number of hydrogen-bond acceptors (Lipinski definition) is 18. The maximum Gasteiger partial charge on any atom is 0.232 e. The summed E-state index contributed by atoms with van der Waals surface area (Å²) in [4.78, 5) is 113. The number of aromatic amines is 1. The first-order valence-corrected chi connectivity index (χ1v) is 38.9. The van der Waals surface area contributed by atoms with E-state index in [1.54, 1.807) is 54.9 Å². The fraction of sp³-hybridized carbons (Fsp3) is 0.438. The van der Waals surface area contributed by atoms with Crippen molar-refractivity contribution in [2.24, 2.45) is 17.8 Å². The molecule has 22 heteroatoms. The monoisotopic (exact) mass is 1450 g/mol. The first kappa shape index (κ1) is 76.5. The van der Waals surface area contributed by atoms with Gasteiger partial charge in [0.15, 0.2) is 17.3 Å². The van der Waals surface area contributed by atoms with Crippen molar-refractivity contribution in [2.45, 2.75) is 188 Å². The van der Waals surface area contributed by atoms with Crippen molar-refractivity contribution in [3.05, 3.63) is 193 Å². The number of rotatable bonds is 24. The van der Waals surface area contributed by atoms with Crippen LogP contribution in [0.4, 0.5) is 0 Å². The summed E-state index contributed by atoms with van der Waals surface area (Å²) >= 11 is 6.38. The molecule has 538 valence electrons. The fourth-order valence-corrected chi connectivity index (χ4v) is 17.3. The van der Waals surface area contributed by atoms with E-state index in [9.17, 15) is 44.1 Å². The molecule has 3 aliphatic heterocycles. The quantitative estimate of drug-likeness (QED) is 0.0439. The van der Waals surface area contributed by atoms with Gasteiger partial charge in [-0.25, -0.2) is 24.9 Å². The number of benzene rings is 4. The molecule has 3 fully saturated rings. The third-order valence-corrected chi connectivity index (χ3v) is 23.4. The Kier molecular flexibility index (Phi) is 26.2. The van der Waals surface area contributed by atoms with E-state index in [1.807, 2.05) is 153 Å². The van der Waals surface area contributed by atoms with Crippen LogP contribution in [0.25, 0.3) is 31.3 Å². The lowest BCUT2D eigenvalue weighted by Gasteiger charge is -2.30. The number of Topliss-reactive ketones (excluding diaryl/α,β-unsaturated/α-hetero) is 3. The Morgan fingerprint density at radius 1 is 0.461 bits per heavy atom. The normalized spacial score (nSPS) is 19.0. The van der Waals surface area contributed by atoms with Gasteiger partial charge in [0.2, 0.25) is 17.7 Å². The van der Waals surface area contributed by atoms with E-state index in [-0.39, 0.29) is 78.4 Å². The molecule has 0 radical (unpaired) electrons. The number of hydrogen-bond donors (Lipinski definition) is 4. The number of imidazole rings is 1. The number of likely N-dealkylation sites (tertiary alicyclic amines) is 3. The maximum absolute atomic E-state index is 13.6. The zero-order valence-electron chi connectivity index (χ0n) is 60.1. The Hall–Kier alpha value is -8.09. The van der Waals surface area contributed by atoms with Gasteiger partial charge >= 0.3 is 0 Å². The van der Waals surface area contributed by atoms with Crippen LogP contribution in [-0.4, -0.2) is 151 Å². The lowest BCUT2D eigenvalue weighted by atomic mass is 9.87. The predicted molar refractivity (Wildman–Crippen MR) is 405 cm³/mol. The highest BCUT2D eigenvalue weighted by molar-refractivity contribution is 7.14. The number of nitrogens with zero attached hydrogens (tertiary/aromatic N) is 8. The molecule has 102 heavy (non-hydrogen) atoms. The number of aryl methyl sites for hydroxylation is 8. The smallest absolute Gasteiger partial charge is 0.232 e. The molecule has 5 aromatic heterocycles. The first-order valence-electron chi connectivity index (χ1n) is 35.3. The topological polar surface area (TPSA) is 253 Å². The van der Waals surface area contributed by atoms with Crippen LogP contribution in [-0.2, 0) is 48.0 Å². The second kappa shape index (κ2) is 34.9. The van der Waals surface area contributed by atoms with Gasteiger partial charge in [-0.2, -0.15) is 0 Å². The summed E-state index contributed by atoms with van der Waals surface area (Å²) in [6.45, 7) is 22.4. The fourth-order valence-electron chi connectivity index (χ4n) is 14.3. The maximum atomic E-state index is 13.6. The van der Waals surface area contributed by atoms with E-state index in [1.165, 1.54) is 11.3 Å². The van der Waals surface area contributed by atoms with Crippen LogP contribution in [0, 0.1) is 52.4 Å². The number of aliphatic hydroxyl groups excluding tert-OH is 3. The third-order valence-electron chi connectivity index (χ3n) is 19.6. The highest BCUT2D eigenvalue weighted by atomic mass is 32.1. The average molecular weight is 1450 g/mol. The molecule has 0 unspecified atom stereocenters. The van der Waals surface area contributed by atoms with E-state index in [2.05, 4.69) is 78.4 Å². The SMILES string of the molecule is Cc1nc([C@H](C(=O)N2C[C@H](O)C[C@H]2C(=O)CCc2ccc(-c3scnc3C)cc2)C(C)C)cs1.Cc1ncc([C@H](C(=O)N2C[C@H](O)C[C@H]2C(=O)CCc2ccc(-c3scnc3C)cc2)C(C)C)[nH]1.Cc1ncsc1-c1ccc(CCC(=O)[C@@H]2C[C@@H](O)CN2C(=O)[C@@H](c2ccccc2)C(C)C)cc1. The summed E-state index contributed by atoms with van der Waals surface area (Å²) in [5.41, 5.74) is 17.7. The van der Waals surface area contributed by atoms with Gasteiger partial charge in [-0.15, -0.1) is 45.3 Å². The van der Waals surface area contributed by atoms with Crippen molar-refractivity contribution < 1.29 is 44.1 Å². The van der Waals surface area contributed by atoms with E-state index < -0.39 is 48.3 Å². The number of carbonyl (C=O) groups excluding carboxylic acids is 6. The summed E-state index contributed by atoms with van der Waals surface area (Å²) in [5.74, 6) is -0.546. The molecule has 9 atom stereocenters. The summed E-state index contributed by atoms with van der Waals surface area (Å²) < 4.78 is 0. The number of thiazole rings is 4. The van der Waals surface area contributed by atoms with E-state index >= 15 is 0 Å². The Bertz CT molecular complexity index is 4110.